The average Bonchev–Trinajstić information content (AvgIpc) is 2.64. The summed E-state index contributed by atoms with van der Waals surface area (Å²) in [7, 11) is 0. The number of carboxylic acids is 1. The molecule has 0 saturated heterocycles. The molecule has 2 N–H and O–H groups in total. The number of carboxylic acid groups (broad SMARTS) is 1. The number of ether oxygens (including phenoxy) is 1. The molecule has 1 rings (SSSR count). The van der Waals surface area contributed by atoms with E-state index in [0.717, 1.165) is 4.88 Å². The Balaban J connectivity index is 2.33. The van der Waals surface area contributed by atoms with E-state index in [2.05, 4.69) is 5.32 Å². The van der Waals surface area contributed by atoms with Crippen molar-refractivity contribution >= 4 is 23.2 Å². The number of carbonyl (C=O) groups is 2. The first-order chi connectivity index (χ1) is 7.99. The maximum absolute atomic E-state index is 11.4. The van der Waals surface area contributed by atoms with Crippen molar-refractivity contribution in [3.8, 4) is 0 Å². The molecule has 6 heteroatoms. The lowest BCUT2D eigenvalue weighted by Crippen LogP contribution is -2.30. The Morgan fingerprint density at radius 2 is 2.18 bits per heavy atom. The zero-order chi connectivity index (χ0) is 12.8. The minimum atomic E-state index is -1.08. The Kier molecular flexibility index (Phi) is 5.11. The number of rotatable bonds is 6. The number of thiophene rings is 1. The minimum absolute atomic E-state index is 0.0883. The first-order valence-corrected chi connectivity index (χ1v) is 5.96. The first kappa shape index (κ1) is 13.7. The van der Waals surface area contributed by atoms with Crippen LogP contribution in [-0.2, 0) is 14.3 Å². The second kappa shape index (κ2) is 6.36. The van der Waals surface area contributed by atoms with Crippen molar-refractivity contribution in [1.29, 1.82) is 0 Å². The highest BCUT2D eigenvalue weighted by Crippen LogP contribution is 2.21. The van der Waals surface area contributed by atoms with Gasteiger partial charge < -0.3 is 15.2 Å². The van der Waals surface area contributed by atoms with Gasteiger partial charge in [0, 0.05) is 9.75 Å². The zero-order valence-electron chi connectivity index (χ0n) is 9.73. The van der Waals surface area contributed by atoms with Gasteiger partial charge in [0.15, 0.2) is 0 Å². The highest BCUT2D eigenvalue weighted by atomic mass is 32.1. The topological polar surface area (TPSA) is 75.6 Å². The fourth-order valence-corrected chi connectivity index (χ4v) is 2.15. The van der Waals surface area contributed by atoms with E-state index < -0.39 is 12.6 Å². The van der Waals surface area contributed by atoms with Gasteiger partial charge in [-0.2, -0.15) is 0 Å². The number of carbonyl (C=O) groups excluding carboxylic acids is 1. The van der Waals surface area contributed by atoms with Crippen LogP contribution in [0.3, 0.4) is 0 Å². The largest absolute Gasteiger partial charge is 0.480 e. The van der Waals surface area contributed by atoms with E-state index in [-0.39, 0.29) is 18.6 Å². The molecule has 0 spiro atoms. The van der Waals surface area contributed by atoms with E-state index in [0.29, 0.717) is 0 Å². The molecule has 1 aromatic heterocycles. The fourth-order valence-electron chi connectivity index (χ4n) is 1.27. The number of amides is 1. The van der Waals surface area contributed by atoms with Crippen LogP contribution in [0.2, 0.25) is 0 Å². The molecule has 0 bridgehead atoms. The first-order valence-electron chi connectivity index (χ1n) is 5.14. The second-order valence-electron chi connectivity index (χ2n) is 3.62. The lowest BCUT2D eigenvalue weighted by molar-refractivity contribution is -0.143. The average molecular weight is 257 g/mol. The predicted octanol–water partition coefficient (Wildman–Crippen LogP) is 1.33. The molecule has 0 radical (unpaired) electrons. The molecule has 5 nitrogen and oxygen atoms in total. The summed E-state index contributed by atoms with van der Waals surface area (Å²) in [4.78, 5) is 23.8. The third-order valence-corrected chi connectivity index (χ3v) is 3.21. The van der Waals surface area contributed by atoms with Crippen molar-refractivity contribution in [3.63, 3.8) is 0 Å². The van der Waals surface area contributed by atoms with Crippen molar-refractivity contribution in [2.75, 3.05) is 13.2 Å². The summed E-state index contributed by atoms with van der Waals surface area (Å²) in [6.45, 7) is 3.18. The molecule has 0 saturated carbocycles. The highest BCUT2D eigenvalue weighted by Gasteiger charge is 2.11. The van der Waals surface area contributed by atoms with Gasteiger partial charge in [0.1, 0.15) is 13.2 Å². The van der Waals surface area contributed by atoms with E-state index in [1.54, 1.807) is 11.3 Å². The molecule has 0 fully saturated rings. The summed E-state index contributed by atoms with van der Waals surface area (Å²) in [5.74, 6) is -1.40. The molecule has 0 aliphatic carbocycles. The van der Waals surface area contributed by atoms with Crippen LogP contribution in [0.4, 0.5) is 0 Å². The summed E-state index contributed by atoms with van der Waals surface area (Å²) in [6.07, 6.45) is 0. The third kappa shape index (κ3) is 4.97. The molecule has 1 unspecified atom stereocenters. The van der Waals surface area contributed by atoms with E-state index in [9.17, 15) is 9.59 Å². The summed E-state index contributed by atoms with van der Waals surface area (Å²) in [5.41, 5.74) is 0. The van der Waals surface area contributed by atoms with Gasteiger partial charge in [0.05, 0.1) is 6.04 Å². The Bertz CT molecular complexity index is 402. The van der Waals surface area contributed by atoms with Crippen LogP contribution in [0.15, 0.2) is 12.1 Å². The molecule has 1 heterocycles. The van der Waals surface area contributed by atoms with Crippen LogP contribution in [0.5, 0.6) is 0 Å². The van der Waals surface area contributed by atoms with Crippen LogP contribution >= 0.6 is 11.3 Å². The Morgan fingerprint density at radius 3 is 2.71 bits per heavy atom. The second-order valence-corrected chi connectivity index (χ2v) is 4.94. The Labute approximate surface area is 103 Å². The lowest BCUT2D eigenvalue weighted by Gasteiger charge is -2.11. The lowest BCUT2D eigenvalue weighted by atomic mass is 10.2. The summed E-state index contributed by atoms with van der Waals surface area (Å²) >= 11 is 1.62. The van der Waals surface area contributed by atoms with Crippen LogP contribution in [0, 0.1) is 6.92 Å². The number of hydrogen-bond donors (Lipinski definition) is 2. The quantitative estimate of drug-likeness (QED) is 0.806. The monoisotopic (exact) mass is 257 g/mol. The molecule has 17 heavy (non-hydrogen) atoms. The van der Waals surface area contributed by atoms with Crippen LogP contribution < -0.4 is 5.32 Å². The van der Waals surface area contributed by atoms with Crippen molar-refractivity contribution in [2.45, 2.75) is 19.9 Å². The minimum Gasteiger partial charge on any atom is -0.480 e. The molecular formula is C11H15NO4S. The van der Waals surface area contributed by atoms with E-state index >= 15 is 0 Å². The number of aryl methyl sites for hydroxylation is 1. The summed E-state index contributed by atoms with van der Waals surface area (Å²) < 4.78 is 4.69. The van der Waals surface area contributed by atoms with E-state index in [4.69, 9.17) is 9.84 Å². The van der Waals surface area contributed by atoms with Gasteiger partial charge in [-0.15, -0.1) is 11.3 Å². The van der Waals surface area contributed by atoms with Gasteiger partial charge in [-0.25, -0.2) is 4.79 Å². The van der Waals surface area contributed by atoms with Crippen LogP contribution in [0.25, 0.3) is 0 Å². The fraction of sp³-hybridized carbons (Fsp3) is 0.455. The smallest absolute Gasteiger partial charge is 0.329 e. The standard InChI is InChI=1S/C11H15NO4S/c1-7-3-4-9(17-7)8(2)12-10(13)5-16-6-11(14)15/h3-4,8H,5-6H2,1-2H3,(H,12,13)(H,14,15). The van der Waals surface area contributed by atoms with Gasteiger partial charge in [-0.05, 0) is 26.0 Å². The SMILES string of the molecule is Cc1ccc(C(C)NC(=O)COCC(=O)O)s1. The third-order valence-electron chi connectivity index (χ3n) is 2.02. The summed E-state index contributed by atoms with van der Waals surface area (Å²) in [5, 5.41) is 11.1. The molecule has 1 amide bonds. The molecule has 0 aromatic carbocycles. The van der Waals surface area contributed by atoms with Crippen LogP contribution in [0.1, 0.15) is 22.7 Å². The number of nitrogens with one attached hydrogen (secondary N) is 1. The van der Waals surface area contributed by atoms with E-state index in [1.807, 2.05) is 26.0 Å². The molecule has 0 aliphatic heterocycles. The van der Waals surface area contributed by atoms with Crippen molar-refractivity contribution in [3.05, 3.63) is 21.9 Å². The van der Waals surface area contributed by atoms with Gasteiger partial charge >= 0.3 is 5.97 Å². The zero-order valence-corrected chi connectivity index (χ0v) is 10.5. The van der Waals surface area contributed by atoms with Gasteiger partial charge in [0.2, 0.25) is 5.91 Å². The highest BCUT2D eigenvalue weighted by molar-refractivity contribution is 7.12. The molecule has 94 valence electrons. The Morgan fingerprint density at radius 1 is 1.47 bits per heavy atom. The van der Waals surface area contributed by atoms with Crippen molar-refractivity contribution < 1.29 is 19.4 Å². The van der Waals surface area contributed by atoms with Crippen molar-refractivity contribution in [1.82, 2.24) is 5.32 Å². The maximum atomic E-state index is 11.4. The van der Waals surface area contributed by atoms with E-state index in [1.165, 1.54) is 4.88 Å². The normalized spacial score (nSPS) is 12.1. The molecular weight excluding hydrogens is 242 g/mol. The van der Waals surface area contributed by atoms with Gasteiger partial charge in [-0.3, -0.25) is 4.79 Å². The molecule has 1 atom stereocenters. The van der Waals surface area contributed by atoms with Crippen LogP contribution in [-0.4, -0.2) is 30.2 Å². The maximum Gasteiger partial charge on any atom is 0.329 e. The summed E-state index contributed by atoms with van der Waals surface area (Å²) in [6, 6.07) is 3.86. The van der Waals surface area contributed by atoms with Crippen molar-refractivity contribution in [2.24, 2.45) is 0 Å². The Hall–Kier alpha value is -1.40. The number of hydrogen-bond acceptors (Lipinski definition) is 4. The van der Waals surface area contributed by atoms with Gasteiger partial charge in [-0.1, -0.05) is 0 Å². The number of aliphatic carboxylic acids is 1. The molecule has 1 aromatic rings. The van der Waals surface area contributed by atoms with Gasteiger partial charge in [0.25, 0.3) is 0 Å². The predicted molar refractivity (Wildman–Crippen MR) is 64.1 cm³/mol. The molecule has 0 aliphatic rings.